The molecular formula is C20H24F2N2O4. The van der Waals surface area contributed by atoms with Gasteiger partial charge in [0.15, 0.2) is 0 Å². The fourth-order valence-electron chi connectivity index (χ4n) is 3.72. The summed E-state index contributed by atoms with van der Waals surface area (Å²) in [5.41, 5.74) is -1.15. The van der Waals surface area contributed by atoms with Gasteiger partial charge in [-0.3, -0.25) is 19.3 Å². The number of hydrogen-bond donors (Lipinski definition) is 2. The highest BCUT2D eigenvalue weighted by molar-refractivity contribution is 6.10. The first-order valence-electron chi connectivity index (χ1n) is 9.36. The van der Waals surface area contributed by atoms with E-state index < -0.39 is 41.4 Å². The predicted octanol–water partition coefficient (Wildman–Crippen LogP) is 2.69. The maximum atomic E-state index is 15.1. The SMILES string of the molecule is C[C@H](CNC(=O)CN1C(=O)C(C)(C)c2c(F)c(C3CC3)cc(F)c21)CC(=O)O. The van der Waals surface area contributed by atoms with Crippen molar-refractivity contribution in [2.24, 2.45) is 5.92 Å². The quantitative estimate of drug-likeness (QED) is 0.745. The third kappa shape index (κ3) is 3.59. The highest BCUT2D eigenvalue weighted by Gasteiger charge is 2.49. The Morgan fingerprint density at radius 1 is 1.36 bits per heavy atom. The zero-order valence-electron chi connectivity index (χ0n) is 16.1. The highest BCUT2D eigenvalue weighted by atomic mass is 19.1. The smallest absolute Gasteiger partial charge is 0.303 e. The number of nitrogens with one attached hydrogen (secondary N) is 1. The predicted molar refractivity (Wildman–Crippen MR) is 98.1 cm³/mol. The van der Waals surface area contributed by atoms with E-state index in [1.807, 2.05) is 0 Å². The average Bonchev–Trinajstić information content (AvgIpc) is 3.40. The van der Waals surface area contributed by atoms with Gasteiger partial charge in [0, 0.05) is 18.5 Å². The van der Waals surface area contributed by atoms with Crippen LogP contribution in [0.2, 0.25) is 0 Å². The third-order valence-corrected chi connectivity index (χ3v) is 5.38. The molecule has 0 spiro atoms. The van der Waals surface area contributed by atoms with Gasteiger partial charge < -0.3 is 10.4 Å². The summed E-state index contributed by atoms with van der Waals surface area (Å²) in [5, 5.41) is 11.3. The first kappa shape index (κ1) is 20.2. The molecule has 0 saturated heterocycles. The van der Waals surface area contributed by atoms with E-state index in [1.165, 1.54) is 13.8 Å². The number of carboxylic acids is 1. The molecule has 2 N–H and O–H groups in total. The molecule has 2 amide bonds. The van der Waals surface area contributed by atoms with Crippen LogP contribution in [0.15, 0.2) is 6.07 Å². The normalized spacial score (nSPS) is 18.8. The van der Waals surface area contributed by atoms with Crippen LogP contribution < -0.4 is 10.2 Å². The summed E-state index contributed by atoms with van der Waals surface area (Å²) in [5.74, 6) is -3.65. The minimum absolute atomic E-state index is 0.00597. The van der Waals surface area contributed by atoms with Crippen molar-refractivity contribution in [3.05, 3.63) is 28.8 Å². The minimum Gasteiger partial charge on any atom is -0.481 e. The van der Waals surface area contributed by atoms with Crippen molar-refractivity contribution >= 4 is 23.5 Å². The van der Waals surface area contributed by atoms with Crippen molar-refractivity contribution in [1.29, 1.82) is 0 Å². The van der Waals surface area contributed by atoms with Gasteiger partial charge in [-0.1, -0.05) is 6.92 Å². The van der Waals surface area contributed by atoms with E-state index in [0.29, 0.717) is 5.56 Å². The number of rotatable bonds is 7. The summed E-state index contributed by atoms with van der Waals surface area (Å²) < 4.78 is 29.9. The molecule has 3 rings (SSSR count). The number of anilines is 1. The Morgan fingerprint density at radius 3 is 2.57 bits per heavy atom. The Morgan fingerprint density at radius 2 is 2.00 bits per heavy atom. The molecule has 1 atom stereocenters. The molecule has 0 radical (unpaired) electrons. The van der Waals surface area contributed by atoms with E-state index in [1.54, 1.807) is 6.92 Å². The highest BCUT2D eigenvalue weighted by Crippen LogP contribution is 2.50. The standard InChI is InChI=1S/C20H24F2N2O4/c1-10(6-15(26)27)8-23-14(25)9-24-18-13(21)7-12(11-4-5-11)17(22)16(18)20(2,3)19(24)28/h7,10-11H,4-6,8-9H2,1-3H3,(H,23,25)(H,26,27)/t10-/m0/s1. The van der Waals surface area contributed by atoms with Crippen molar-refractivity contribution in [2.45, 2.75) is 51.4 Å². The van der Waals surface area contributed by atoms with Crippen LogP contribution in [-0.2, 0) is 19.8 Å². The van der Waals surface area contributed by atoms with Crippen LogP contribution in [0.5, 0.6) is 0 Å². The van der Waals surface area contributed by atoms with Crippen LogP contribution in [0.1, 0.15) is 57.1 Å². The summed E-state index contributed by atoms with van der Waals surface area (Å²) in [6.45, 7) is 4.39. The molecule has 1 aromatic carbocycles. The van der Waals surface area contributed by atoms with Crippen LogP contribution in [0.4, 0.5) is 14.5 Å². The van der Waals surface area contributed by atoms with E-state index in [4.69, 9.17) is 5.11 Å². The van der Waals surface area contributed by atoms with Crippen LogP contribution >= 0.6 is 0 Å². The van der Waals surface area contributed by atoms with E-state index in [0.717, 1.165) is 23.8 Å². The van der Waals surface area contributed by atoms with Gasteiger partial charge >= 0.3 is 5.97 Å². The van der Waals surface area contributed by atoms with Crippen LogP contribution in [0.3, 0.4) is 0 Å². The monoisotopic (exact) mass is 394 g/mol. The molecule has 8 heteroatoms. The van der Waals surface area contributed by atoms with Crippen LogP contribution in [-0.4, -0.2) is 36.0 Å². The Balaban J connectivity index is 1.83. The topological polar surface area (TPSA) is 86.7 Å². The molecule has 0 aromatic heterocycles. The van der Waals surface area contributed by atoms with Crippen LogP contribution in [0.25, 0.3) is 0 Å². The van der Waals surface area contributed by atoms with Crippen LogP contribution in [0, 0.1) is 17.6 Å². The van der Waals surface area contributed by atoms with Gasteiger partial charge in [0.1, 0.15) is 18.2 Å². The van der Waals surface area contributed by atoms with E-state index in [-0.39, 0.29) is 36.1 Å². The number of aliphatic carboxylic acids is 1. The lowest BCUT2D eigenvalue weighted by molar-refractivity contribution is -0.138. The molecule has 152 valence electrons. The first-order chi connectivity index (χ1) is 13.0. The van der Waals surface area contributed by atoms with Gasteiger partial charge in [0.05, 0.1) is 11.1 Å². The maximum absolute atomic E-state index is 15.1. The Hall–Kier alpha value is -2.51. The number of amides is 2. The summed E-state index contributed by atoms with van der Waals surface area (Å²) in [6, 6.07) is 1.14. The number of fused-ring (bicyclic) bond motifs is 1. The molecule has 0 bridgehead atoms. The fraction of sp³-hybridized carbons (Fsp3) is 0.550. The van der Waals surface area contributed by atoms with Crippen molar-refractivity contribution < 1.29 is 28.3 Å². The van der Waals surface area contributed by atoms with Crippen molar-refractivity contribution in [3.8, 4) is 0 Å². The average molecular weight is 394 g/mol. The molecule has 1 saturated carbocycles. The Labute approximate surface area is 161 Å². The van der Waals surface area contributed by atoms with E-state index >= 15 is 4.39 Å². The number of nitrogens with zero attached hydrogens (tertiary/aromatic N) is 1. The second-order valence-corrected chi connectivity index (χ2v) is 8.28. The lowest BCUT2D eigenvalue weighted by Crippen LogP contribution is -2.43. The molecular weight excluding hydrogens is 370 g/mol. The number of halogens is 2. The van der Waals surface area contributed by atoms with Gasteiger partial charge in [-0.2, -0.15) is 0 Å². The molecule has 28 heavy (non-hydrogen) atoms. The summed E-state index contributed by atoms with van der Waals surface area (Å²) >= 11 is 0. The molecule has 1 aliphatic heterocycles. The van der Waals surface area contributed by atoms with Crippen molar-refractivity contribution in [2.75, 3.05) is 18.0 Å². The lowest BCUT2D eigenvalue weighted by Gasteiger charge is -2.20. The summed E-state index contributed by atoms with van der Waals surface area (Å²) in [4.78, 5) is 36.8. The first-order valence-corrected chi connectivity index (χ1v) is 9.36. The van der Waals surface area contributed by atoms with Gasteiger partial charge in [0.25, 0.3) is 0 Å². The number of hydrogen-bond acceptors (Lipinski definition) is 3. The Bertz CT molecular complexity index is 849. The second-order valence-electron chi connectivity index (χ2n) is 8.28. The van der Waals surface area contributed by atoms with Gasteiger partial charge in [-0.15, -0.1) is 0 Å². The molecule has 0 unspecified atom stereocenters. The molecule has 1 heterocycles. The number of carbonyl (C=O) groups excluding carboxylic acids is 2. The van der Waals surface area contributed by atoms with Gasteiger partial charge in [0.2, 0.25) is 11.8 Å². The maximum Gasteiger partial charge on any atom is 0.303 e. The zero-order chi connectivity index (χ0) is 20.8. The molecule has 1 fully saturated rings. The molecule has 1 aromatic rings. The van der Waals surface area contributed by atoms with Crippen molar-refractivity contribution in [1.82, 2.24) is 5.32 Å². The number of benzene rings is 1. The summed E-state index contributed by atoms with van der Waals surface area (Å²) in [7, 11) is 0. The van der Waals surface area contributed by atoms with Gasteiger partial charge in [-0.25, -0.2) is 8.78 Å². The minimum atomic E-state index is -1.28. The number of carboxylic acid groups (broad SMARTS) is 1. The largest absolute Gasteiger partial charge is 0.481 e. The van der Waals surface area contributed by atoms with Crippen molar-refractivity contribution in [3.63, 3.8) is 0 Å². The van der Waals surface area contributed by atoms with E-state index in [9.17, 15) is 18.8 Å². The molecule has 1 aliphatic carbocycles. The zero-order valence-corrected chi connectivity index (χ0v) is 16.1. The third-order valence-electron chi connectivity index (χ3n) is 5.38. The summed E-state index contributed by atoms with van der Waals surface area (Å²) in [6.07, 6.45) is 1.48. The molecule has 2 aliphatic rings. The van der Waals surface area contributed by atoms with Gasteiger partial charge in [-0.05, 0) is 50.2 Å². The lowest BCUT2D eigenvalue weighted by atomic mass is 9.84. The molecule has 6 nitrogen and oxygen atoms in total. The van der Waals surface area contributed by atoms with E-state index in [2.05, 4.69) is 5.32 Å². The number of carbonyl (C=O) groups is 3. The fourth-order valence-corrected chi connectivity index (χ4v) is 3.72. The Kier molecular flexibility index (Phi) is 5.16. The second kappa shape index (κ2) is 7.14.